The van der Waals surface area contributed by atoms with Gasteiger partial charge in [0.1, 0.15) is 0 Å². The molecule has 0 saturated heterocycles. The lowest BCUT2D eigenvalue weighted by Gasteiger charge is -2.31. The average molecular weight is 270 g/mol. The molecule has 0 aromatic rings. The highest BCUT2D eigenvalue weighted by atomic mass is 16.5. The number of nitrogens with two attached hydrogens (primary N) is 1. The Morgan fingerprint density at radius 3 is 2.79 bits per heavy atom. The molecule has 1 aliphatic carbocycles. The Morgan fingerprint density at radius 2 is 2.11 bits per heavy atom. The molecule has 4 nitrogen and oxygen atoms in total. The predicted octanol–water partition coefficient (Wildman–Crippen LogP) is 1.93. The summed E-state index contributed by atoms with van der Waals surface area (Å²) in [5.74, 6) is 1.36. The highest BCUT2D eigenvalue weighted by Crippen LogP contribution is 2.27. The quantitative estimate of drug-likeness (QED) is 0.695. The van der Waals surface area contributed by atoms with E-state index in [1.165, 1.54) is 0 Å². The Bertz CT molecular complexity index is 269. The molecule has 19 heavy (non-hydrogen) atoms. The van der Waals surface area contributed by atoms with Gasteiger partial charge in [0.2, 0.25) is 5.91 Å². The Kier molecular flexibility index (Phi) is 7.39. The number of carbonyl (C=O) groups excluding carboxylic acids is 1. The second-order valence-corrected chi connectivity index (χ2v) is 6.27. The number of ether oxygens (including phenoxy) is 1. The zero-order chi connectivity index (χ0) is 14.3. The summed E-state index contributed by atoms with van der Waals surface area (Å²) < 4.78 is 5.48. The van der Waals surface area contributed by atoms with Crippen molar-refractivity contribution in [2.75, 3.05) is 19.8 Å². The van der Waals surface area contributed by atoms with Crippen LogP contribution in [0.4, 0.5) is 0 Å². The van der Waals surface area contributed by atoms with E-state index in [0.717, 1.165) is 32.3 Å². The van der Waals surface area contributed by atoms with Crippen LogP contribution in [0.2, 0.25) is 0 Å². The zero-order valence-electron chi connectivity index (χ0n) is 12.7. The summed E-state index contributed by atoms with van der Waals surface area (Å²) >= 11 is 0. The fourth-order valence-corrected chi connectivity index (χ4v) is 2.50. The normalized spacial score (nSPS) is 27.5. The van der Waals surface area contributed by atoms with E-state index in [4.69, 9.17) is 10.5 Å². The van der Waals surface area contributed by atoms with Crippen LogP contribution in [0.15, 0.2) is 0 Å². The third-order valence-corrected chi connectivity index (χ3v) is 3.89. The van der Waals surface area contributed by atoms with E-state index < -0.39 is 0 Å². The number of amides is 1. The minimum Gasteiger partial charge on any atom is -0.380 e. The molecule has 0 aromatic carbocycles. The van der Waals surface area contributed by atoms with E-state index in [1.54, 1.807) is 0 Å². The van der Waals surface area contributed by atoms with Gasteiger partial charge in [0.05, 0.1) is 12.5 Å². The summed E-state index contributed by atoms with van der Waals surface area (Å²) in [6.07, 6.45) is 4.09. The lowest BCUT2D eigenvalue weighted by atomic mass is 9.79. The van der Waals surface area contributed by atoms with Gasteiger partial charge in [0.25, 0.3) is 0 Å². The SMILES string of the molecule is CC(C)CCOCCNC(=O)C1CC(C)CCC1N. The Hall–Kier alpha value is -0.610. The van der Waals surface area contributed by atoms with Crippen molar-refractivity contribution in [3.63, 3.8) is 0 Å². The molecule has 1 rings (SSSR count). The summed E-state index contributed by atoms with van der Waals surface area (Å²) in [5, 5.41) is 2.95. The first-order chi connectivity index (χ1) is 9.00. The smallest absolute Gasteiger partial charge is 0.224 e. The maximum Gasteiger partial charge on any atom is 0.224 e. The minimum absolute atomic E-state index is 0.0144. The first-order valence-electron chi connectivity index (χ1n) is 7.61. The van der Waals surface area contributed by atoms with Crippen molar-refractivity contribution in [2.45, 2.75) is 52.5 Å². The van der Waals surface area contributed by atoms with E-state index in [9.17, 15) is 4.79 Å². The highest BCUT2D eigenvalue weighted by Gasteiger charge is 2.31. The molecule has 0 heterocycles. The number of nitrogens with one attached hydrogen (secondary N) is 1. The van der Waals surface area contributed by atoms with Gasteiger partial charge in [-0.2, -0.15) is 0 Å². The third kappa shape index (κ3) is 6.39. The number of hydrogen-bond donors (Lipinski definition) is 2. The van der Waals surface area contributed by atoms with Crippen LogP contribution in [0.5, 0.6) is 0 Å². The van der Waals surface area contributed by atoms with E-state index in [1.807, 2.05) is 0 Å². The van der Waals surface area contributed by atoms with Crippen LogP contribution in [0.25, 0.3) is 0 Å². The Morgan fingerprint density at radius 1 is 1.37 bits per heavy atom. The number of hydrogen-bond acceptors (Lipinski definition) is 3. The van der Waals surface area contributed by atoms with E-state index in [0.29, 0.717) is 25.0 Å². The zero-order valence-corrected chi connectivity index (χ0v) is 12.7. The highest BCUT2D eigenvalue weighted by molar-refractivity contribution is 5.79. The molecule has 1 amide bonds. The lowest BCUT2D eigenvalue weighted by Crippen LogP contribution is -2.45. The maximum atomic E-state index is 12.0. The van der Waals surface area contributed by atoms with E-state index in [-0.39, 0.29) is 17.9 Å². The monoisotopic (exact) mass is 270 g/mol. The van der Waals surface area contributed by atoms with Crippen LogP contribution in [0.3, 0.4) is 0 Å². The maximum absolute atomic E-state index is 12.0. The van der Waals surface area contributed by atoms with Crippen LogP contribution in [0, 0.1) is 17.8 Å². The summed E-state index contributed by atoms with van der Waals surface area (Å²) in [7, 11) is 0. The van der Waals surface area contributed by atoms with Gasteiger partial charge >= 0.3 is 0 Å². The van der Waals surface area contributed by atoms with Crippen LogP contribution in [0.1, 0.15) is 46.5 Å². The fraction of sp³-hybridized carbons (Fsp3) is 0.933. The first-order valence-corrected chi connectivity index (χ1v) is 7.61. The largest absolute Gasteiger partial charge is 0.380 e. The topological polar surface area (TPSA) is 64.3 Å². The standard InChI is InChI=1S/C15H30N2O2/c1-11(2)6-8-19-9-7-17-15(18)13-10-12(3)4-5-14(13)16/h11-14H,4-10,16H2,1-3H3,(H,17,18). The van der Waals surface area contributed by atoms with Crippen molar-refractivity contribution >= 4 is 5.91 Å². The summed E-state index contributed by atoms with van der Waals surface area (Å²) in [6, 6.07) is 0.0260. The van der Waals surface area contributed by atoms with Gasteiger partial charge in [0, 0.05) is 19.2 Å². The van der Waals surface area contributed by atoms with Crippen LogP contribution in [-0.2, 0) is 9.53 Å². The van der Waals surface area contributed by atoms with Crippen molar-refractivity contribution < 1.29 is 9.53 Å². The minimum atomic E-state index is -0.0144. The van der Waals surface area contributed by atoms with Gasteiger partial charge in [-0.3, -0.25) is 4.79 Å². The summed E-state index contributed by atoms with van der Waals surface area (Å²) in [5.41, 5.74) is 6.04. The Balaban J connectivity index is 2.13. The first kappa shape index (κ1) is 16.4. The second-order valence-electron chi connectivity index (χ2n) is 6.27. The molecule has 0 radical (unpaired) electrons. The van der Waals surface area contributed by atoms with Gasteiger partial charge in [-0.1, -0.05) is 20.8 Å². The molecule has 1 saturated carbocycles. The van der Waals surface area contributed by atoms with Gasteiger partial charge in [-0.05, 0) is 37.5 Å². The van der Waals surface area contributed by atoms with Gasteiger partial charge in [-0.15, -0.1) is 0 Å². The number of carbonyl (C=O) groups is 1. The average Bonchev–Trinajstić information content (AvgIpc) is 2.36. The molecule has 3 N–H and O–H groups in total. The molecule has 3 atom stereocenters. The second kappa shape index (κ2) is 8.54. The molecule has 0 aromatic heterocycles. The molecular formula is C15H30N2O2. The number of rotatable bonds is 7. The molecule has 0 aliphatic heterocycles. The fourth-order valence-electron chi connectivity index (χ4n) is 2.50. The van der Waals surface area contributed by atoms with E-state index in [2.05, 4.69) is 26.1 Å². The molecule has 0 spiro atoms. The molecule has 0 bridgehead atoms. The predicted molar refractivity (Wildman–Crippen MR) is 77.8 cm³/mol. The van der Waals surface area contributed by atoms with E-state index >= 15 is 0 Å². The van der Waals surface area contributed by atoms with Crippen LogP contribution in [-0.4, -0.2) is 31.7 Å². The summed E-state index contributed by atoms with van der Waals surface area (Å²) in [4.78, 5) is 12.0. The third-order valence-electron chi connectivity index (χ3n) is 3.89. The Labute approximate surface area is 117 Å². The van der Waals surface area contributed by atoms with Crippen molar-refractivity contribution in [3.05, 3.63) is 0 Å². The summed E-state index contributed by atoms with van der Waals surface area (Å²) in [6.45, 7) is 8.51. The molecular weight excluding hydrogens is 240 g/mol. The van der Waals surface area contributed by atoms with Crippen LogP contribution < -0.4 is 11.1 Å². The van der Waals surface area contributed by atoms with Crippen molar-refractivity contribution in [3.8, 4) is 0 Å². The van der Waals surface area contributed by atoms with Gasteiger partial charge < -0.3 is 15.8 Å². The van der Waals surface area contributed by atoms with Gasteiger partial charge in [-0.25, -0.2) is 0 Å². The van der Waals surface area contributed by atoms with Crippen LogP contribution >= 0.6 is 0 Å². The van der Waals surface area contributed by atoms with Gasteiger partial charge in [0.15, 0.2) is 0 Å². The van der Waals surface area contributed by atoms with Crippen molar-refractivity contribution in [1.29, 1.82) is 0 Å². The lowest BCUT2D eigenvalue weighted by molar-refractivity contribution is -0.127. The molecule has 1 fully saturated rings. The van der Waals surface area contributed by atoms with Crippen molar-refractivity contribution in [2.24, 2.45) is 23.5 Å². The molecule has 1 aliphatic rings. The molecule has 4 heteroatoms. The van der Waals surface area contributed by atoms with Crippen molar-refractivity contribution in [1.82, 2.24) is 5.32 Å². The molecule has 3 unspecified atom stereocenters. The molecule has 112 valence electrons.